The molecule has 0 aromatic heterocycles. The highest BCUT2D eigenvalue weighted by Gasteiger charge is 2.24. The van der Waals surface area contributed by atoms with E-state index in [4.69, 9.17) is 5.73 Å². The summed E-state index contributed by atoms with van der Waals surface area (Å²) in [6, 6.07) is 3.37. The molecule has 0 aliphatic rings. The molecule has 0 radical (unpaired) electrons. The standard InChI is InChI=1S/C12H14BrFN2O2/c1-6(2)10(11(15)17)16-12(18)9-7(13)4-3-5-8(9)14/h3-6,10H,1-2H3,(H2,15,17)(H,16,18). The van der Waals surface area contributed by atoms with Crippen LogP contribution in [-0.2, 0) is 4.79 Å². The second-order valence-electron chi connectivity index (χ2n) is 4.19. The Kier molecular flexibility index (Phi) is 4.84. The molecule has 2 amide bonds. The molecule has 98 valence electrons. The summed E-state index contributed by atoms with van der Waals surface area (Å²) in [5.41, 5.74) is 5.05. The number of nitrogens with one attached hydrogen (secondary N) is 1. The van der Waals surface area contributed by atoms with Crippen LogP contribution in [0.2, 0.25) is 0 Å². The van der Waals surface area contributed by atoms with Crippen molar-refractivity contribution in [2.45, 2.75) is 19.9 Å². The minimum absolute atomic E-state index is 0.135. The average Bonchev–Trinajstić information content (AvgIpc) is 2.24. The molecule has 0 saturated carbocycles. The molecule has 1 atom stereocenters. The van der Waals surface area contributed by atoms with Gasteiger partial charge >= 0.3 is 0 Å². The Morgan fingerprint density at radius 1 is 1.39 bits per heavy atom. The summed E-state index contributed by atoms with van der Waals surface area (Å²) in [7, 11) is 0. The van der Waals surface area contributed by atoms with E-state index in [0.717, 1.165) is 0 Å². The van der Waals surface area contributed by atoms with Crippen LogP contribution in [0.5, 0.6) is 0 Å². The van der Waals surface area contributed by atoms with E-state index < -0.39 is 23.7 Å². The van der Waals surface area contributed by atoms with Crippen LogP contribution in [-0.4, -0.2) is 17.9 Å². The zero-order valence-electron chi connectivity index (χ0n) is 10.0. The quantitative estimate of drug-likeness (QED) is 0.889. The van der Waals surface area contributed by atoms with Gasteiger partial charge in [0.15, 0.2) is 0 Å². The summed E-state index contributed by atoms with van der Waals surface area (Å²) in [6.45, 7) is 3.48. The predicted octanol–water partition coefficient (Wildman–Crippen LogP) is 1.83. The molecule has 1 rings (SSSR count). The molecule has 4 nitrogen and oxygen atoms in total. The van der Waals surface area contributed by atoms with Crippen molar-refractivity contribution >= 4 is 27.7 Å². The van der Waals surface area contributed by atoms with E-state index in [1.165, 1.54) is 12.1 Å². The summed E-state index contributed by atoms with van der Waals surface area (Å²) < 4.78 is 13.9. The first-order valence-corrected chi connectivity index (χ1v) is 6.18. The molecule has 0 aliphatic heterocycles. The molecule has 1 aromatic rings. The molecule has 0 saturated heterocycles. The van der Waals surface area contributed by atoms with Gasteiger partial charge in [-0.25, -0.2) is 4.39 Å². The smallest absolute Gasteiger partial charge is 0.256 e. The molecule has 6 heteroatoms. The van der Waals surface area contributed by atoms with Crippen LogP contribution in [0.25, 0.3) is 0 Å². The summed E-state index contributed by atoms with van der Waals surface area (Å²) in [6.07, 6.45) is 0. The minimum Gasteiger partial charge on any atom is -0.368 e. The molecule has 0 heterocycles. The fourth-order valence-electron chi connectivity index (χ4n) is 1.49. The van der Waals surface area contributed by atoms with Crippen LogP contribution in [0.3, 0.4) is 0 Å². The van der Waals surface area contributed by atoms with Crippen molar-refractivity contribution in [2.75, 3.05) is 0 Å². The van der Waals surface area contributed by atoms with Gasteiger partial charge in [0.25, 0.3) is 5.91 Å². The Morgan fingerprint density at radius 3 is 2.44 bits per heavy atom. The Labute approximate surface area is 113 Å². The van der Waals surface area contributed by atoms with Crippen LogP contribution in [0.4, 0.5) is 4.39 Å². The maximum Gasteiger partial charge on any atom is 0.256 e. The van der Waals surface area contributed by atoms with Gasteiger partial charge in [-0.05, 0) is 34.0 Å². The molecular weight excluding hydrogens is 303 g/mol. The van der Waals surface area contributed by atoms with Gasteiger partial charge in [0.1, 0.15) is 11.9 Å². The van der Waals surface area contributed by atoms with Gasteiger partial charge in [-0.2, -0.15) is 0 Å². The highest BCUT2D eigenvalue weighted by Crippen LogP contribution is 2.19. The molecule has 1 unspecified atom stereocenters. The van der Waals surface area contributed by atoms with E-state index in [2.05, 4.69) is 21.2 Å². The first-order chi connectivity index (χ1) is 8.34. The Morgan fingerprint density at radius 2 is 2.00 bits per heavy atom. The zero-order chi connectivity index (χ0) is 13.9. The van der Waals surface area contributed by atoms with E-state index in [9.17, 15) is 14.0 Å². The number of rotatable bonds is 4. The fourth-order valence-corrected chi connectivity index (χ4v) is 2.02. The van der Waals surface area contributed by atoms with E-state index >= 15 is 0 Å². The number of carbonyl (C=O) groups excluding carboxylic acids is 2. The van der Waals surface area contributed by atoms with Crippen molar-refractivity contribution in [3.63, 3.8) is 0 Å². The van der Waals surface area contributed by atoms with Gasteiger partial charge in [0.05, 0.1) is 5.56 Å². The lowest BCUT2D eigenvalue weighted by atomic mass is 10.0. The van der Waals surface area contributed by atoms with E-state index in [1.54, 1.807) is 19.9 Å². The third kappa shape index (κ3) is 3.29. The summed E-state index contributed by atoms with van der Waals surface area (Å²) in [5, 5.41) is 2.43. The number of halogens is 2. The van der Waals surface area contributed by atoms with Crippen LogP contribution in [0.15, 0.2) is 22.7 Å². The van der Waals surface area contributed by atoms with Gasteiger partial charge < -0.3 is 11.1 Å². The monoisotopic (exact) mass is 316 g/mol. The molecular formula is C12H14BrFN2O2. The number of nitrogens with two attached hydrogens (primary N) is 1. The lowest BCUT2D eigenvalue weighted by molar-refractivity contribution is -0.120. The summed E-state index contributed by atoms with van der Waals surface area (Å²) >= 11 is 3.09. The maximum atomic E-state index is 13.5. The van der Waals surface area contributed by atoms with Crippen molar-refractivity contribution in [1.82, 2.24) is 5.32 Å². The topological polar surface area (TPSA) is 72.2 Å². The van der Waals surface area contributed by atoms with Crippen LogP contribution in [0, 0.1) is 11.7 Å². The highest BCUT2D eigenvalue weighted by atomic mass is 79.9. The molecule has 0 spiro atoms. The zero-order valence-corrected chi connectivity index (χ0v) is 11.6. The molecule has 1 aromatic carbocycles. The van der Waals surface area contributed by atoms with Gasteiger partial charge in [0.2, 0.25) is 5.91 Å². The lowest BCUT2D eigenvalue weighted by Crippen LogP contribution is -2.47. The van der Waals surface area contributed by atoms with E-state index in [0.29, 0.717) is 4.47 Å². The minimum atomic E-state index is -0.830. The van der Waals surface area contributed by atoms with Gasteiger partial charge in [-0.15, -0.1) is 0 Å². The molecule has 0 aliphatic carbocycles. The SMILES string of the molecule is CC(C)C(NC(=O)c1c(F)cccc1Br)C(N)=O. The molecule has 3 N–H and O–H groups in total. The van der Waals surface area contributed by atoms with Gasteiger partial charge in [0, 0.05) is 4.47 Å². The van der Waals surface area contributed by atoms with Crippen LogP contribution in [0.1, 0.15) is 24.2 Å². The third-order valence-electron chi connectivity index (χ3n) is 2.45. The Hall–Kier alpha value is -1.43. The third-order valence-corrected chi connectivity index (χ3v) is 3.11. The normalized spacial score (nSPS) is 12.3. The highest BCUT2D eigenvalue weighted by molar-refractivity contribution is 9.10. The molecule has 0 fully saturated rings. The van der Waals surface area contributed by atoms with Crippen LogP contribution < -0.4 is 11.1 Å². The lowest BCUT2D eigenvalue weighted by Gasteiger charge is -2.19. The summed E-state index contributed by atoms with van der Waals surface area (Å²) in [5.74, 6) is -2.14. The molecule has 18 heavy (non-hydrogen) atoms. The maximum absolute atomic E-state index is 13.5. The number of hydrogen-bond donors (Lipinski definition) is 2. The number of amides is 2. The van der Waals surface area contributed by atoms with Gasteiger partial charge in [-0.1, -0.05) is 19.9 Å². The summed E-state index contributed by atoms with van der Waals surface area (Å²) in [4.78, 5) is 23.1. The van der Waals surface area contributed by atoms with Crippen molar-refractivity contribution in [3.8, 4) is 0 Å². The van der Waals surface area contributed by atoms with Gasteiger partial charge in [-0.3, -0.25) is 9.59 Å². The van der Waals surface area contributed by atoms with Crippen LogP contribution >= 0.6 is 15.9 Å². The second-order valence-corrected chi connectivity index (χ2v) is 5.05. The van der Waals surface area contributed by atoms with Crippen molar-refractivity contribution in [2.24, 2.45) is 11.7 Å². The number of benzene rings is 1. The number of hydrogen-bond acceptors (Lipinski definition) is 2. The Balaban J connectivity index is 2.98. The van der Waals surface area contributed by atoms with Crippen molar-refractivity contribution < 1.29 is 14.0 Å². The second kappa shape index (κ2) is 5.95. The number of carbonyl (C=O) groups is 2. The fraction of sp³-hybridized carbons (Fsp3) is 0.333. The average molecular weight is 317 g/mol. The van der Waals surface area contributed by atoms with Crippen molar-refractivity contribution in [3.05, 3.63) is 34.1 Å². The first-order valence-electron chi connectivity index (χ1n) is 5.38. The predicted molar refractivity (Wildman–Crippen MR) is 69.4 cm³/mol. The van der Waals surface area contributed by atoms with E-state index in [1.807, 2.05) is 0 Å². The number of primary amides is 1. The first kappa shape index (κ1) is 14.6. The largest absolute Gasteiger partial charge is 0.368 e. The molecule has 0 bridgehead atoms. The van der Waals surface area contributed by atoms with E-state index in [-0.39, 0.29) is 11.5 Å². The Bertz CT molecular complexity index is 457. The van der Waals surface area contributed by atoms with Crippen molar-refractivity contribution in [1.29, 1.82) is 0 Å².